The average molecular weight is 197 g/mol. The normalized spacial score (nSPS) is 13.5. The summed E-state index contributed by atoms with van der Waals surface area (Å²) in [6.07, 6.45) is 1.11. The summed E-state index contributed by atoms with van der Waals surface area (Å²) in [5.74, 6) is 1.79. The van der Waals surface area contributed by atoms with Crippen LogP contribution in [0.2, 0.25) is 0 Å². The van der Waals surface area contributed by atoms with Crippen LogP contribution in [0.5, 0.6) is 0 Å². The Morgan fingerprint density at radius 2 is 2.07 bits per heavy atom. The lowest BCUT2D eigenvalue weighted by Crippen LogP contribution is -2.19. The number of hydrogen-bond donors (Lipinski definition) is 1. The van der Waals surface area contributed by atoms with Crippen LogP contribution >= 0.6 is 0 Å². The summed E-state index contributed by atoms with van der Waals surface area (Å²) >= 11 is 0. The minimum absolute atomic E-state index is 0.148. The van der Waals surface area contributed by atoms with Crippen LogP contribution in [0.4, 0.5) is 0 Å². The maximum Gasteiger partial charge on any atom is 0.243 e. The summed E-state index contributed by atoms with van der Waals surface area (Å²) in [5, 5.41) is 7.22. The van der Waals surface area contributed by atoms with Crippen molar-refractivity contribution >= 4 is 0 Å². The van der Waals surface area contributed by atoms with Gasteiger partial charge in [-0.2, -0.15) is 4.98 Å². The molecule has 1 heterocycles. The van der Waals surface area contributed by atoms with Gasteiger partial charge in [0.25, 0.3) is 0 Å². The fourth-order valence-electron chi connectivity index (χ4n) is 1.11. The Balaban J connectivity index is 2.57. The lowest BCUT2D eigenvalue weighted by Gasteiger charge is -2.06. The first-order valence-electron chi connectivity index (χ1n) is 5.22. The minimum atomic E-state index is 0.148. The van der Waals surface area contributed by atoms with E-state index in [0.717, 1.165) is 18.8 Å². The van der Waals surface area contributed by atoms with Crippen LogP contribution in [-0.2, 0) is 0 Å². The molecule has 1 aromatic rings. The van der Waals surface area contributed by atoms with Crippen LogP contribution in [0.1, 0.15) is 57.8 Å². The zero-order valence-corrected chi connectivity index (χ0v) is 9.37. The summed E-state index contributed by atoms with van der Waals surface area (Å²) < 4.78 is 5.16. The lowest BCUT2D eigenvalue weighted by molar-refractivity contribution is 0.335. The molecule has 4 nitrogen and oxygen atoms in total. The van der Waals surface area contributed by atoms with Crippen LogP contribution in [0.3, 0.4) is 0 Å². The highest BCUT2D eigenvalue weighted by Gasteiger charge is 2.14. The SMILES string of the molecule is CCCNC(C)c1nc(C(C)C)no1. The summed E-state index contributed by atoms with van der Waals surface area (Å²) in [7, 11) is 0. The van der Waals surface area contributed by atoms with E-state index >= 15 is 0 Å². The van der Waals surface area contributed by atoms with E-state index in [-0.39, 0.29) is 6.04 Å². The topological polar surface area (TPSA) is 51.0 Å². The van der Waals surface area contributed by atoms with Crippen LogP contribution < -0.4 is 5.32 Å². The van der Waals surface area contributed by atoms with Crippen LogP contribution in [-0.4, -0.2) is 16.7 Å². The molecule has 0 spiro atoms. The second-order valence-electron chi connectivity index (χ2n) is 3.82. The standard InChI is InChI=1S/C10H19N3O/c1-5-6-11-8(4)10-12-9(7(2)3)13-14-10/h7-8,11H,5-6H2,1-4H3. The molecule has 0 saturated carbocycles. The number of nitrogens with zero attached hydrogens (tertiary/aromatic N) is 2. The van der Waals surface area contributed by atoms with Crippen LogP contribution in [0.25, 0.3) is 0 Å². The van der Waals surface area contributed by atoms with E-state index in [4.69, 9.17) is 4.52 Å². The highest BCUT2D eigenvalue weighted by molar-refractivity contribution is 4.94. The van der Waals surface area contributed by atoms with Gasteiger partial charge in [0.2, 0.25) is 5.89 Å². The van der Waals surface area contributed by atoms with Crippen molar-refractivity contribution in [3.05, 3.63) is 11.7 Å². The van der Waals surface area contributed by atoms with Gasteiger partial charge in [0.05, 0.1) is 6.04 Å². The minimum Gasteiger partial charge on any atom is -0.338 e. The van der Waals surface area contributed by atoms with E-state index in [0.29, 0.717) is 11.8 Å². The molecule has 0 aliphatic heterocycles. The van der Waals surface area contributed by atoms with Crippen molar-refractivity contribution in [1.82, 2.24) is 15.5 Å². The van der Waals surface area contributed by atoms with E-state index in [9.17, 15) is 0 Å². The molecule has 1 unspecified atom stereocenters. The molecule has 14 heavy (non-hydrogen) atoms. The molecule has 0 bridgehead atoms. The lowest BCUT2D eigenvalue weighted by atomic mass is 10.2. The molecule has 1 atom stereocenters. The van der Waals surface area contributed by atoms with Crippen molar-refractivity contribution in [3.63, 3.8) is 0 Å². The van der Waals surface area contributed by atoms with Gasteiger partial charge in [-0.05, 0) is 19.9 Å². The first-order chi connectivity index (χ1) is 6.65. The van der Waals surface area contributed by atoms with Gasteiger partial charge in [-0.1, -0.05) is 25.9 Å². The van der Waals surface area contributed by atoms with Gasteiger partial charge in [0, 0.05) is 5.92 Å². The molecule has 0 aliphatic carbocycles. The van der Waals surface area contributed by atoms with Gasteiger partial charge in [-0.15, -0.1) is 0 Å². The Bertz CT molecular complexity index is 270. The third kappa shape index (κ3) is 2.80. The Morgan fingerprint density at radius 1 is 1.36 bits per heavy atom. The predicted molar refractivity (Wildman–Crippen MR) is 55.1 cm³/mol. The molecule has 80 valence electrons. The Morgan fingerprint density at radius 3 is 2.57 bits per heavy atom. The molecule has 1 aromatic heterocycles. The zero-order valence-electron chi connectivity index (χ0n) is 9.37. The maximum absolute atomic E-state index is 5.16. The third-order valence-electron chi connectivity index (χ3n) is 2.04. The van der Waals surface area contributed by atoms with Crippen LogP contribution in [0.15, 0.2) is 4.52 Å². The second-order valence-corrected chi connectivity index (χ2v) is 3.82. The number of rotatable bonds is 5. The van der Waals surface area contributed by atoms with Crippen molar-refractivity contribution in [2.45, 2.75) is 46.1 Å². The molecule has 0 aliphatic rings. The van der Waals surface area contributed by atoms with E-state index in [1.54, 1.807) is 0 Å². The second kappa shape index (κ2) is 5.10. The van der Waals surface area contributed by atoms with Gasteiger partial charge >= 0.3 is 0 Å². The molecular weight excluding hydrogens is 178 g/mol. The van der Waals surface area contributed by atoms with Gasteiger partial charge < -0.3 is 9.84 Å². The molecule has 4 heteroatoms. The molecule has 1 rings (SSSR count). The highest BCUT2D eigenvalue weighted by Crippen LogP contribution is 2.14. The van der Waals surface area contributed by atoms with Gasteiger partial charge in [-0.3, -0.25) is 0 Å². The van der Waals surface area contributed by atoms with E-state index in [1.165, 1.54) is 0 Å². The van der Waals surface area contributed by atoms with E-state index in [2.05, 4.69) is 36.2 Å². The zero-order chi connectivity index (χ0) is 10.6. The monoisotopic (exact) mass is 197 g/mol. The first-order valence-corrected chi connectivity index (χ1v) is 5.22. The van der Waals surface area contributed by atoms with Gasteiger partial charge in [0.1, 0.15) is 0 Å². The van der Waals surface area contributed by atoms with Gasteiger partial charge in [-0.25, -0.2) is 0 Å². The molecule has 0 fully saturated rings. The molecule has 0 amide bonds. The predicted octanol–water partition coefficient (Wildman–Crippen LogP) is 2.25. The quantitative estimate of drug-likeness (QED) is 0.786. The van der Waals surface area contributed by atoms with Crippen molar-refractivity contribution in [2.75, 3.05) is 6.54 Å². The Labute approximate surface area is 85.1 Å². The Kier molecular flexibility index (Phi) is 4.07. The summed E-state index contributed by atoms with van der Waals surface area (Å²) in [6, 6.07) is 0.148. The number of nitrogens with one attached hydrogen (secondary N) is 1. The first kappa shape index (κ1) is 11.2. The number of aromatic nitrogens is 2. The smallest absolute Gasteiger partial charge is 0.243 e. The molecule has 0 radical (unpaired) electrons. The van der Waals surface area contributed by atoms with E-state index < -0.39 is 0 Å². The highest BCUT2D eigenvalue weighted by atomic mass is 16.5. The van der Waals surface area contributed by atoms with Crippen LogP contribution in [0, 0.1) is 0 Å². The maximum atomic E-state index is 5.16. The molecule has 0 aromatic carbocycles. The van der Waals surface area contributed by atoms with Gasteiger partial charge in [0.15, 0.2) is 5.82 Å². The fourth-order valence-corrected chi connectivity index (χ4v) is 1.11. The van der Waals surface area contributed by atoms with Crippen molar-refractivity contribution < 1.29 is 4.52 Å². The molecule has 1 N–H and O–H groups in total. The van der Waals surface area contributed by atoms with Crippen molar-refractivity contribution in [3.8, 4) is 0 Å². The van der Waals surface area contributed by atoms with Crippen molar-refractivity contribution in [2.24, 2.45) is 0 Å². The Hall–Kier alpha value is -0.900. The van der Waals surface area contributed by atoms with E-state index in [1.807, 2.05) is 6.92 Å². The van der Waals surface area contributed by atoms with Crippen molar-refractivity contribution in [1.29, 1.82) is 0 Å². The molecule has 0 saturated heterocycles. The third-order valence-corrected chi connectivity index (χ3v) is 2.04. The number of hydrogen-bond acceptors (Lipinski definition) is 4. The summed E-state index contributed by atoms with van der Waals surface area (Å²) in [6.45, 7) is 9.25. The molecular formula is C10H19N3O. The average Bonchev–Trinajstić information content (AvgIpc) is 2.62. The summed E-state index contributed by atoms with van der Waals surface area (Å²) in [5.41, 5.74) is 0. The largest absolute Gasteiger partial charge is 0.338 e. The summed E-state index contributed by atoms with van der Waals surface area (Å²) in [4.78, 5) is 4.32. The fraction of sp³-hybridized carbons (Fsp3) is 0.800.